The molecule has 2 aromatic heterocycles. The molecule has 2 aliphatic heterocycles. The average Bonchev–Trinajstić information content (AvgIpc) is 3.57. The van der Waals surface area contributed by atoms with Crippen LogP contribution in [0.3, 0.4) is 0 Å². The Balaban J connectivity index is 1.27. The van der Waals surface area contributed by atoms with E-state index in [1.807, 2.05) is 34.6 Å². The maximum absolute atomic E-state index is 12.9. The van der Waals surface area contributed by atoms with Crippen molar-refractivity contribution < 1.29 is 23.6 Å². The Hall–Kier alpha value is -4.42. The second-order valence-electron chi connectivity index (χ2n) is 11.3. The minimum absolute atomic E-state index is 0.130. The summed E-state index contributed by atoms with van der Waals surface area (Å²) >= 11 is 0. The minimum Gasteiger partial charge on any atom is -0.375 e. The molecule has 2 aliphatic rings. The summed E-state index contributed by atoms with van der Waals surface area (Å²) in [7, 11) is 0. The smallest absolute Gasteiger partial charge is 0.324 e. The van der Waals surface area contributed by atoms with E-state index < -0.39 is 6.03 Å². The van der Waals surface area contributed by atoms with Crippen molar-refractivity contribution in [3.05, 3.63) is 52.5 Å². The summed E-state index contributed by atoms with van der Waals surface area (Å²) in [5, 5.41) is 18.4. The molecule has 0 aliphatic carbocycles. The Morgan fingerprint density at radius 3 is 2.66 bits per heavy atom. The van der Waals surface area contributed by atoms with E-state index in [1.54, 1.807) is 30.3 Å². The lowest BCUT2D eigenvalue weighted by molar-refractivity contribution is -0.119. The molecule has 5 rings (SSSR count). The number of amides is 4. The van der Waals surface area contributed by atoms with Crippen LogP contribution in [0.4, 0.5) is 27.7 Å². The summed E-state index contributed by atoms with van der Waals surface area (Å²) < 4.78 is 10.9. The topological polar surface area (TPSA) is 162 Å². The molecule has 4 amide bonds. The van der Waals surface area contributed by atoms with E-state index in [9.17, 15) is 14.4 Å². The van der Waals surface area contributed by atoms with Gasteiger partial charge in [0.1, 0.15) is 5.76 Å². The lowest BCUT2D eigenvalue weighted by Crippen LogP contribution is -2.40. The zero-order valence-corrected chi connectivity index (χ0v) is 23.8. The number of aryl methyl sites for hydroxylation is 1. The van der Waals surface area contributed by atoms with Crippen LogP contribution in [0.1, 0.15) is 55.5 Å². The molecule has 0 saturated carbocycles. The van der Waals surface area contributed by atoms with Crippen LogP contribution in [-0.2, 0) is 19.7 Å². The molecule has 12 heteroatoms. The van der Waals surface area contributed by atoms with E-state index in [0.29, 0.717) is 52.9 Å². The van der Waals surface area contributed by atoms with E-state index in [-0.39, 0.29) is 29.8 Å². The van der Waals surface area contributed by atoms with Crippen LogP contribution in [0, 0.1) is 13.8 Å². The Labute approximate surface area is 237 Å². The summed E-state index contributed by atoms with van der Waals surface area (Å²) in [5.41, 5.74) is 5.03. The standard InChI is InChI=1S/C29H35N7O5/c1-15-21(31-16(2)26(15)35-25(37)11-18-14-30-8-9-40-18)12-20-19-7-6-17(10-22(19)33-27(20)38)32-28(39)34-24-13-23(41-36-24)29(3,4)5/h6-7,10,12-13,18,30-31H,8-9,11,14H2,1-5H3,(H,33,38)(H,35,37)(H2,32,34,36,39)/b20-12-. The molecular formula is C29H35N7O5. The average molecular weight is 562 g/mol. The summed E-state index contributed by atoms with van der Waals surface area (Å²) in [6.07, 6.45) is 1.87. The Morgan fingerprint density at radius 2 is 1.95 bits per heavy atom. The molecule has 0 radical (unpaired) electrons. The highest BCUT2D eigenvalue weighted by atomic mass is 16.5. The van der Waals surface area contributed by atoms with Gasteiger partial charge in [0.05, 0.1) is 36.1 Å². The molecule has 0 spiro atoms. The number of aromatic amines is 1. The Bertz CT molecular complexity index is 1520. The van der Waals surface area contributed by atoms with Crippen LogP contribution < -0.4 is 26.6 Å². The molecule has 1 saturated heterocycles. The second kappa shape index (κ2) is 11.2. The predicted octanol–water partition coefficient (Wildman–Crippen LogP) is 4.37. The van der Waals surface area contributed by atoms with Crippen LogP contribution in [0.5, 0.6) is 0 Å². The summed E-state index contributed by atoms with van der Waals surface area (Å²) in [6.45, 7) is 11.8. The number of morpholine rings is 1. The third kappa shape index (κ3) is 6.34. The van der Waals surface area contributed by atoms with Crippen LogP contribution in [0.15, 0.2) is 28.8 Å². The van der Waals surface area contributed by atoms with Crippen molar-refractivity contribution in [1.82, 2.24) is 15.5 Å². The van der Waals surface area contributed by atoms with Gasteiger partial charge >= 0.3 is 6.03 Å². The zero-order chi connectivity index (χ0) is 29.3. The van der Waals surface area contributed by atoms with Gasteiger partial charge in [-0.2, -0.15) is 0 Å². The summed E-state index contributed by atoms with van der Waals surface area (Å²) in [5.74, 6) is 0.562. The van der Waals surface area contributed by atoms with E-state index >= 15 is 0 Å². The minimum atomic E-state index is -0.489. The summed E-state index contributed by atoms with van der Waals surface area (Å²) in [4.78, 5) is 41.3. The number of carbonyl (C=O) groups excluding carboxylic acids is 3. The van der Waals surface area contributed by atoms with E-state index in [4.69, 9.17) is 9.26 Å². The first-order valence-electron chi connectivity index (χ1n) is 13.5. The third-order valence-electron chi connectivity index (χ3n) is 7.00. The number of aromatic nitrogens is 2. The highest BCUT2D eigenvalue weighted by Crippen LogP contribution is 2.36. The number of nitrogens with zero attached hydrogens (tertiary/aromatic N) is 1. The molecule has 1 unspecified atom stereocenters. The van der Waals surface area contributed by atoms with E-state index in [2.05, 4.69) is 36.7 Å². The van der Waals surface area contributed by atoms with Gasteiger partial charge < -0.3 is 35.5 Å². The third-order valence-corrected chi connectivity index (χ3v) is 7.00. The largest absolute Gasteiger partial charge is 0.375 e. The first-order valence-corrected chi connectivity index (χ1v) is 13.5. The normalized spacial score (nSPS) is 17.7. The van der Waals surface area contributed by atoms with Crippen LogP contribution in [0.2, 0.25) is 0 Å². The molecule has 3 aromatic rings. The lowest BCUT2D eigenvalue weighted by atomic mass is 9.93. The molecule has 0 bridgehead atoms. The second-order valence-corrected chi connectivity index (χ2v) is 11.3. The molecule has 4 heterocycles. The first-order chi connectivity index (χ1) is 19.5. The Morgan fingerprint density at radius 1 is 1.15 bits per heavy atom. The number of benzene rings is 1. The van der Waals surface area contributed by atoms with E-state index in [0.717, 1.165) is 23.5 Å². The van der Waals surface area contributed by atoms with Crippen molar-refractivity contribution in [2.75, 3.05) is 41.0 Å². The number of rotatable bonds is 6. The van der Waals surface area contributed by atoms with Gasteiger partial charge in [-0.1, -0.05) is 32.0 Å². The maximum atomic E-state index is 12.9. The molecule has 1 atom stereocenters. The fourth-order valence-corrected chi connectivity index (χ4v) is 4.78. The number of carbonyl (C=O) groups is 3. The number of nitrogens with one attached hydrogen (secondary N) is 6. The molecule has 41 heavy (non-hydrogen) atoms. The number of hydrogen-bond donors (Lipinski definition) is 6. The number of hydrogen-bond acceptors (Lipinski definition) is 7. The van der Waals surface area contributed by atoms with Gasteiger partial charge in [0.15, 0.2) is 5.82 Å². The van der Waals surface area contributed by atoms with Crippen molar-refractivity contribution in [2.45, 2.75) is 52.6 Å². The molecule has 1 fully saturated rings. The van der Waals surface area contributed by atoms with Gasteiger partial charge in [-0.05, 0) is 37.6 Å². The van der Waals surface area contributed by atoms with Crippen LogP contribution in [-0.4, -0.2) is 53.8 Å². The zero-order valence-electron chi connectivity index (χ0n) is 23.8. The fraction of sp³-hybridized carbons (Fsp3) is 0.379. The predicted molar refractivity (Wildman–Crippen MR) is 157 cm³/mol. The highest BCUT2D eigenvalue weighted by Gasteiger charge is 2.26. The lowest BCUT2D eigenvalue weighted by Gasteiger charge is -2.23. The Kier molecular flexibility index (Phi) is 7.70. The molecule has 12 nitrogen and oxygen atoms in total. The van der Waals surface area contributed by atoms with Crippen molar-refractivity contribution >= 4 is 52.4 Å². The van der Waals surface area contributed by atoms with Gasteiger partial charge in [-0.15, -0.1) is 0 Å². The molecule has 6 N–H and O–H groups in total. The highest BCUT2D eigenvalue weighted by molar-refractivity contribution is 6.35. The SMILES string of the molecule is Cc1[nH]c(/C=C2\C(=O)Nc3cc(NC(=O)Nc4cc(C(C)(C)C)on4)ccc32)c(C)c1NC(=O)CC1CNCCO1. The van der Waals surface area contributed by atoms with Crippen LogP contribution in [0.25, 0.3) is 11.6 Å². The molecular weight excluding hydrogens is 526 g/mol. The summed E-state index contributed by atoms with van der Waals surface area (Å²) in [6, 6.07) is 6.38. The van der Waals surface area contributed by atoms with Crippen molar-refractivity contribution in [3.63, 3.8) is 0 Å². The number of fused-ring (bicyclic) bond motifs is 1. The van der Waals surface area contributed by atoms with E-state index in [1.165, 1.54) is 0 Å². The number of anilines is 4. The van der Waals surface area contributed by atoms with Gasteiger partial charge in [0.2, 0.25) is 5.91 Å². The van der Waals surface area contributed by atoms with Crippen molar-refractivity contribution in [3.8, 4) is 0 Å². The monoisotopic (exact) mass is 561 g/mol. The number of ether oxygens (including phenoxy) is 1. The molecule has 216 valence electrons. The van der Waals surface area contributed by atoms with Crippen molar-refractivity contribution in [1.29, 1.82) is 0 Å². The number of H-pyrrole nitrogens is 1. The quantitative estimate of drug-likeness (QED) is 0.243. The van der Waals surface area contributed by atoms with Crippen molar-refractivity contribution in [2.24, 2.45) is 0 Å². The van der Waals surface area contributed by atoms with Gasteiger partial charge in [-0.25, -0.2) is 4.79 Å². The van der Waals surface area contributed by atoms with Gasteiger partial charge in [-0.3, -0.25) is 14.9 Å². The fourth-order valence-electron chi connectivity index (χ4n) is 4.78. The maximum Gasteiger partial charge on any atom is 0.324 e. The molecule has 1 aromatic carbocycles. The first kappa shape index (κ1) is 28.1. The number of urea groups is 1. The van der Waals surface area contributed by atoms with Gasteiger partial charge in [0, 0.05) is 47.2 Å². The van der Waals surface area contributed by atoms with Crippen LogP contribution >= 0.6 is 0 Å². The van der Waals surface area contributed by atoms with Gasteiger partial charge in [0.25, 0.3) is 5.91 Å².